The molecule has 2 rings (SSSR count). The first-order valence-corrected chi connectivity index (χ1v) is 6.37. The van der Waals surface area contributed by atoms with Crippen molar-refractivity contribution in [1.82, 2.24) is 20.4 Å². The lowest BCUT2D eigenvalue weighted by molar-refractivity contribution is -0.123. The summed E-state index contributed by atoms with van der Waals surface area (Å²) in [6.45, 7) is 0.297. The zero-order valence-corrected chi connectivity index (χ0v) is 10.9. The van der Waals surface area contributed by atoms with Crippen molar-refractivity contribution in [2.75, 3.05) is 6.54 Å². The van der Waals surface area contributed by atoms with Crippen LogP contribution in [0, 0.1) is 0 Å². The highest BCUT2D eigenvalue weighted by molar-refractivity contribution is 5.83. The summed E-state index contributed by atoms with van der Waals surface area (Å²) in [6.07, 6.45) is 5.66. The van der Waals surface area contributed by atoms with Crippen molar-refractivity contribution in [2.24, 2.45) is 12.8 Å². The lowest BCUT2D eigenvalue weighted by Crippen LogP contribution is -2.36. The second-order valence-electron chi connectivity index (χ2n) is 4.81. The number of nitrogens with zero attached hydrogens (tertiary/aromatic N) is 2. The van der Waals surface area contributed by atoms with Crippen LogP contribution in [0.15, 0.2) is 12.4 Å². The Bertz CT molecular complexity index is 466. The van der Waals surface area contributed by atoms with Crippen molar-refractivity contribution in [2.45, 2.75) is 31.3 Å². The molecule has 0 radical (unpaired) electrons. The van der Waals surface area contributed by atoms with E-state index in [0.29, 0.717) is 18.2 Å². The van der Waals surface area contributed by atoms with E-state index in [1.54, 1.807) is 24.1 Å². The molecule has 19 heavy (non-hydrogen) atoms. The molecule has 1 aromatic rings. The molecule has 104 valence electrons. The van der Waals surface area contributed by atoms with Crippen molar-refractivity contribution < 1.29 is 9.59 Å². The van der Waals surface area contributed by atoms with Crippen LogP contribution >= 0.6 is 0 Å². The molecule has 4 N–H and O–H groups in total. The fourth-order valence-electron chi connectivity index (χ4n) is 1.69. The molecule has 0 bridgehead atoms. The lowest BCUT2D eigenvalue weighted by Gasteiger charge is -2.10. The normalized spacial score (nSPS) is 15.9. The number of nitrogens with two attached hydrogens (primary N) is 1. The third-order valence-electron chi connectivity index (χ3n) is 2.96. The van der Waals surface area contributed by atoms with Gasteiger partial charge in [0, 0.05) is 37.8 Å². The number of carbonyl (C=O) groups excluding carboxylic acids is 2. The quantitative estimate of drug-likeness (QED) is 0.627. The number of hydrogen-bond donors (Lipinski definition) is 3. The van der Waals surface area contributed by atoms with Crippen molar-refractivity contribution in [3.63, 3.8) is 0 Å². The van der Waals surface area contributed by atoms with Gasteiger partial charge in [0.2, 0.25) is 11.8 Å². The van der Waals surface area contributed by atoms with Gasteiger partial charge in [0.25, 0.3) is 0 Å². The van der Waals surface area contributed by atoms with Gasteiger partial charge in [0.15, 0.2) is 0 Å². The average molecular weight is 265 g/mol. The number of rotatable bonds is 6. The molecule has 7 heteroatoms. The van der Waals surface area contributed by atoms with E-state index in [1.165, 1.54) is 0 Å². The monoisotopic (exact) mass is 265 g/mol. The highest BCUT2D eigenvalue weighted by atomic mass is 16.2. The molecular formula is C12H19N5O2. The SMILES string of the molecule is Cn1cc(C(N)C(=O)NCCC(=O)NC2CC2)cn1. The number of hydrogen-bond acceptors (Lipinski definition) is 4. The van der Waals surface area contributed by atoms with Gasteiger partial charge in [-0.25, -0.2) is 0 Å². The minimum atomic E-state index is -0.750. The van der Waals surface area contributed by atoms with E-state index in [2.05, 4.69) is 15.7 Å². The summed E-state index contributed by atoms with van der Waals surface area (Å²) in [5.74, 6) is -0.329. The van der Waals surface area contributed by atoms with Crippen LogP contribution in [0.2, 0.25) is 0 Å². The summed E-state index contributed by atoms with van der Waals surface area (Å²) in [5, 5.41) is 9.47. The number of aryl methyl sites for hydroxylation is 1. The first-order chi connectivity index (χ1) is 9.06. The van der Waals surface area contributed by atoms with Crippen molar-refractivity contribution in [3.8, 4) is 0 Å². The van der Waals surface area contributed by atoms with E-state index in [0.717, 1.165) is 12.8 Å². The predicted molar refractivity (Wildman–Crippen MR) is 68.9 cm³/mol. The Morgan fingerprint density at radius 3 is 2.89 bits per heavy atom. The first-order valence-electron chi connectivity index (χ1n) is 6.37. The zero-order valence-electron chi connectivity index (χ0n) is 10.9. The van der Waals surface area contributed by atoms with Crippen LogP contribution in [0.1, 0.15) is 30.9 Å². The van der Waals surface area contributed by atoms with Crippen molar-refractivity contribution in [3.05, 3.63) is 18.0 Å². The molecular weight excluding hydrogens is 246 g/mol. The Hall–Kier alpha value is -1.89. The summed E-state index contributed by atoms with van der Waals surface area (Å²) in [6, 6.07) is -0.402. The third-order valence-corrected chi connectivity index (χ3v) is 2.96. The van der Waals surface area contributed by atoms with Crippen LogP contribution in [0.25, 0.3) is 0 Å². The molecule has 1 unspecified atom stereocenters. The highest BCUT2D eigenvalue weighted by Gasteiger charge is 2.23. The second kappa shape index (κ2) is 5.83. The van der Waals surface area contributed by atoms with E-state index in [-0.39, 0.29) is 18.2 Å². The van der Waals surface area contributed by atoms with Crippen LogP contribution in [0.4, 0.5) is 0 Å². The van der Waals surface area contributed by atoms with Crippen LogP contribution in [-0.4, -0.2) is 34.2 Å². The molecule has 1 aliphatic carbocycles. The molecule has 2 amide bonds. The van der Waals surface area contributed by atoms with Crippen molar-refractivity contribution in [1.29, 1.82) is 0 Å². The maximum absolute atomic E-state index is 11.8. The van der Waals surface area contributed by atoms with Gasteiger partial charge in [-0.2, -0.15) is 5.10 Å². The van der Waals surface area contributed by atoms with E-state index in [4.69, 9.17) is 5.73 Å². The van der Waals surface area contributed by atoms with Crippen LogP contribution in [0.5, 0.6) is 0 Å². The summed E-state index contributed by atoms with van der Waals surface area (Å²) in [4.78, 5) is 23.2. The standard InChI is InChI=1S/C12H19N5O2/c1-17-7-8(6-15-17)11(13)12(19)14-5-4-10(18)16-9-2-3-9/h6-7,9,11H,2-5,13H2,1H3,(H,14,19)(H,16,18). The minimum absolute atomic E-state index is 0.0299. The Labute approximate surface area is 111 Å². The molecule has 1 fully saturated rings. The van der Waals surface area contributed by atoms with E-state index in [9.17, 15) is 9.59 Å². The molecule has 1 aliphatic rings. The first kappa shape index (κ1) is 13.5. The number of amides is 2. The van der Waals surface area contributed by atoms with Gasteiger partial charge in [-0.15, -0.1) is 0 Å². The summed E-state index contributed by atoms with van der Waals surface area (Å²) in [5.41, 5.74) is 6.45. The third kappa shape index (κ3) is 4.06. The van der Waals surface area contributed by atoms with E-state index < -0.39 is 6.04 Å². The van der Waals surface area contributed by atoms with Crippen molar-refractivity contribution >= 4 is 11.8 Å². The minimum Gasteiger partial charge on any atom is -0.354 e. The Morgan fingerprint density at radius 2 is 2.32 bits per heavy atom. The fourth-order valence-corrected chi connectivity index (χ4v) is 1.69. The molecule has 1 aromatic heterocycles. The van der Waals surface area contributed by atoms with Gasteiger partial charge >= 0.3 is 0 Å². The van der Waals surface area contributed by atoms with Gasteiger partial charge in [-0.3, -0.25) is 14.3 Å². The zero-order chi connectivity index (χ0) is 13.8. The maximum atomic E-state index is 11.8. The number of carbonyl (C=O) groups is 2. The summed E-state index contributed by atoms with van der Waals surface area (Å²) < 4.78 is 1.59. The maximum Gasteiger partial charge on any atom is 0.241 e. The molecule has 0 spiro atoms. The Morgan fingerprint density at radius 1 is 1.58 bits per heavy atom. The largest absolute Gasteiger partial charge is 0.354 e. The predicted octanol–water partition coefficient (Wildman–Crippen LogP) is -0.795. The molecule has 0 saturated heterocycles. The fraction of sp³-hybridized carbons (Fsp3) is 0.583. The van der Waals surface area contributed by atoms with E-state index >= 15 is 0 Å². The molecule has 1 atom stereocenters. The Kier molecular flexibility index (Phi) is 4.16. The smallest absolute Gasteiger partial charge is 0.241 e. The van der Waals surface area contributed by atoms with Gasteiger partial charge in [-0.05, 0) is 12.8 Å². The summed E-state index contributed by atoms with van der Waals surface area (Å²) >= 11 is 0. The topological polar surface area (TPSA) is 102 Å². The lowest BCUT2D eigenvalue weighted by atomic mass is 10.1. The van der Waals surface area contributed by atoms with Gasteiger partial charge in [0.05, 0.1) is 6.20 Å². The van der Waals surface area contributed by atoms with Crippen LogP contribution in [-0.2, 0) is 16.6 Å². The van der Waals surface area contributed by atoms with Gasteiger partial charge < -0.3 is 16.4 Å². The number of nitrogens with one attached hydrogen (secondary N) is 2. The van der Waals surface area contributed by atoms with E-state index in [1.807, 2.05) is 0 Å². The van der Waals surface area contributed by atoms with Crippen LogP contribution < -0.4 is 16.4 Å². The molecule has 0 aromatic carbocycles. The molecule has 1 saturated carbocycles. The average Bonchev–Trinajstić information content (AvgIpc) is 3.07. The molecule has 1 heterocycles. The van der Waals surface area contributed by atoms with Crippen LogP contribution in [0.3, 0.4) is 0 Å². The van der Waals surface area contributed by atoms with Gasteiger partial charge in [-0.1, -0.05) is 0 Å². The molecule has 7 nitrogen and oxygen atoms in total. The number of aromatic nitrogens is 2. The second-order valence-corrected chi connectivity index (χ2v) is 4.81. The van der Waals surface area contributed by atoms with Gasteiger partial charge in [0.1, 0.15) is 6.04 Å². The summed E-state index contributed by atoms with van der Waals surface area (Å²) in [7, 11) is 1.76. The highest BCUT2D eigenvalue weighted by Crippen LogP contribution is 2.18. The Balaban J connectivity index is 1.69. The molecule has 0 aliphatic heterocycles.